The molecule has 0 radical (unpaired) electrons. The first-order valence-corrected chi connectivity index (χ1v) is 7.48. The first kappa shape index (κ1) is 16.1. The van der Waals surface area contributed by atoms with Crippen molar-refractivity contribution in [3.05, 3.63) is 51.2 Å². The Balaban J connectivity index is 2.24. The van der Waals surface area contributed by atoms with Crippen molar-refractivity contribution in [2.45, 2.75) is 19.3 Å². The first-order chi connectivity index (χ1) is 9.90. The van der Waals surface area contributed by atoms with Crippen LogP contribution < -0.4 is 10.1 Å². The molecule has 0 saturated carbocycles. The van der Waals surface area contributed by atoms with Crippen molar-refractivity contribution in [3.8, 4) is 5.75 Å². The Morgan fingerprint density at radius 2 is 1.90 bits per heavy atom. The number of thiophene rings is 1. The van der Waals surface area contributed by atoms with Gasteiger partial charge in [0, 0.05) is 4.88 Å². The minimum absolute atomic E-state index is 0.151. The van der Waals surface area contributed by atoms with Crippen LogP contribution in [0.4, 0.5) is 13.2 Å². The van der Waals surface area contributed by atoms with Gasteiger partial charge in [0.05, 0.1) is 11.1 Å². The van der Waals surface area contributed by atoms with E-state index in [2.05, 4.69) is 10.1 Å². The van der Waals surface area contributed by atoms with E-state index >= 15 is 0 Å². The van der Waals surface area contributed by atoms with E-state index < -0.39 is 6.36 Å². The lowest BCUT2D eigenvalue weighted by Gasteiger charge is -2.18. The summed E-state index contributed by atoms with van der Waals surface area (Å²) in [6.07, 6.45) is -4.68. The van der Waals surface area contributed by atoms with Crippen molar-refractivity contribution in [1.29, 1.82) is 0 Å². The van der Waals surface area contributed by atoms with E-state index in [1.807, 2.05) is 12.3 Å². The number of benzene rings is 1. The summed E-state index contributed by atoms with van der Waals surface area (Å²) in [5.74, 6) is -0.237. The fourth-order valence-corrected chi connectivity index (χ4v) is 3.21. The third-order valence-electron chi connectivity index (χ3n) is 2.76. The molecular weight excluding hydrogens is 323 g/mol. The SMILES string of the molecule is CCNC(c1ccc(OC(F)(F)F)cc1)c1sccc1Cl. The lowest BCUT2D eigenvalue weighted by Crippen LogP contribution is -2.21. The van der Waals surface area contributed by atoms with E-state index in [4.69, 9.17) is 11.6 Å². The van der Waals surface area contributed by atoms with Crippen LogP contribution in [0.5, 0.6) is 5.75 Å². The van der Waals surface area contributed by atoms with Crippen LogP contribution in [0.3, 0.4) is 0 Å². The molecule has 21 heavy (non-hydrogen) atoms. The summed E-state index contributed by atoms with van der Waals surface area (Å²) in [4.78, 5) is 0.933. The second kappa shape index (κ2) is 6.68. The maximum absolute atomic E-state index is 12.1. The van der Waals surface area contributed by atoms with Gasteiger partial charge in [-0.1, -0.05) is 30.7 Å². The minimum atomic E-state index is -4.68. The highest BCUT2D eigenvalue weighted by Crippen LogP contribution is 2.34. The van der Waals surface area contributed by atoms with E-state index in [-0.39, 0.29) is 11.8 Å². The van der Waals surface area contributed by atoms with Gasteiger partial charge in [-0.25, -0.2) is 0 Å². The predicted molar refractivity (Wildman–Crippen MR) is 78.0 cm³/mol. The van der Waals surface area contributed by atoms with Gasteiger partial charge >= 0.3 is 6.36 Å². The summed E-state index contributed by atoms with van der Waals surface area (Å²) in [5, 5.41) is 5.79. The maximum Gasteiger partial charge on any atom is 0.573 e. The molecule has 0 aliphatic rings. The quantitative estimate of drug-likeness (QED) is 0.830. The molecule has 1 heterocycles. The third kappa shape index (κ3) is 4.36. The zero-order valence-corrected chi connectivity index (χ0v) is 12.6. The van der Waals surface area contributed by atoms with E-state index in [1.165, 1.54) is 23.5 Å². The van der Waals surface area contributed by atoms with Crippen LogP contribution in [-0.4, -0.2) is 12.9 Å². The molecule has 1 atom stereocenters. The van der Waals surface area contributed by atoms with Crippen LogP contribution in [-0.2, 0) is 0 Å². The third-order valence-corrected chi connectivity index (χ3v) is 4.19. The second-order valence-electron chi connectivity index (χ2n) is 4.24. The van der Waals surface area contributed by atoms with Crippen LogP contribution in [0.25, 0.3) is 0 Å². The van der Waals surface area contributed by atoms with E-state index in [1.54, 1.807) is 18.2 Å². The summed E-state index contributed by atoms with van der Waals surface area (Å²) >= 11 is 7.64. The molecule has 0 amide bonds. The fraction of sp³-hybridized carbons (Fsp3) is 0.286. The standard InChI is InChI=1S/C14H13ClF3NOS/c1-2-19-12(13-11(15)7-8-21-13)9-3-5-10(6-4-9)20-14(16,17)18/h3-8,12,19H,2H2,1H3. The minimum Gasteiger partial charge on any atom is -0.406 e. The second-order valence-corrected chi connectivity index (χ2v) is 5.60. The molecule has 7 heteroatoms. The molecule has 2 nitrogen and oxygen atoms in total. The molecule has 0 aliphatic carbocycles. The molecule has 0 aliphatic heterocycles. The Morgan fingerprint density at radius 1 is 1.24 bits per heavy atom. The summed E-state index contributed by atoms with van der Waals surface area (Å²) < 4.78 is 40.3. The van der Waals surface area contributed by atoms with Gasteiger partial charge in [0.15, 0.2) is 0 Å². The van der Waals surface area contributed by atoms with Gasteiger partial charge in [-0.15, -0.1) is 24.5 Å². The molecule has 2 aromatic rings. The number of ether oxygens (including phenoxy) is 1. The summed E-state index contributed by atoms with van der Waals surface area (Å²) in [6, 6.07) is 7.45. The van der Waals surface area contributed by atoms with Gasteiger partial charge in [0.1, 0.15) is 5.75 Å². The van der Waals surface area contributed by atoms with Gasteiger partial charge in [-0.2, -0.15) is 0 Å². The summed E-state index contributed by atoms with van der Waals surface area (Å²) in [5.41, 5.74) is 0.829. The highest BCUT2D eigenvalue weighted by Gasteiger charge is 2.31. The van der Waals surface area contributed by atoms with Gasteiger partial charge in [-0.05, 0) is 35.7 Å². The predicted octanol–water partition coefficient (Wildman–Crippen LogP) is 5.00. The molecule has 0 saturated heterocycles. The van der Waals surface area contributed by atoms with Crippen LogP contribution >= 0.6 is 22.9 Å². The maximum atomic E-state index is 12.1. The topological polar surface area (TPSA) is 21.3 Å². The highest BCUT2D eigenvalue weighted by atomic mass is 35.5. The monoisotopic (exact) mass is 335 g/mol. The lowest BCUT2D eigenvalue weighted by molar-refractivity contribution is -0.274. The molecule has 0 bridgehead atoms. The zero-order chi connectivity index (χ0) is 15.5. The van der Waals surface area contributed by atoms with Crippen LogP contribution in [0.15, 0.2) is 35.7 Å². The van der Waals surface area contributed by atoms with E-state index in [0.29, 0.717) is 11.6 Å². The average molecular weight is 336 g/mol. The largest absolute Gasteiger partial charge is 0.573 e. The number of rotatable bonds is 5. The van der Waals surface area contributed by atoms with Crippen molar-refractivity contribution in [1.82, 2.24) is 5.32 Å². The van der Waals surface area contributed by atoms with Crippen LogP contribution in [0, 0.1) is 0 Å². The molecule has 0 spiro atoms. The molecular formula is C14H13ClF3NOS. The van der Waals surface area contributed by atoms with Crippen molar-refractivity contribution in [3.63, 3.8) is 0 Å². The highest BCUT2D eigenvalue weighted by molar-refractivity contribution is 7.10. The summed E-state index contributed by atoms with van der Waals surface area (Å²) in [7, 11) is 0. The van der Waals surface area contributed by atoms with Crippen LogP contribution in [0.2, 0.25) is 5.02 Å². The lowest BCUT2D eigenvalue weighted by atomic mass is 10.1. The summed E-state index contributed by atoms with van der Waals surface area (Å²) in [6.45, 7) is 2.66. The Hall–Kier alpha value is -1.24. The number of hydrogen-bond donors (Lipinski definition) is 1. The van der Waals surface area contributed by atoms with Gasteiger partial charge < -0.3 is 10.1 Å². The number of nitrogens with one attached hydrogen (secondary N) is 1. The average Bonchev–Trinajstić information content (AvgIpc) is 2.81. The van der Waals surface area contributed by atoms with E-state index in [9.17, 15) is 13.2 Å². The molecule has 2 rings (SSSR count). The molecule has 1 unspecified atom stereocenters. The Bertz CT molecular complexity index is 583. The number of alkyl halides is 3. The Morgan fingerprint density at radius 3 is 2.38 bits per heavy atom. The van der Waals surface area contributed by atoms with Crippen molar-refractivity contribution in [2.24, 2.45) is 0 Å². The van der Waals surface area contributed by atoms with Gasteiger partial charge in [0.25, 0.3) is 0 Å². The molecule has 1 aromatic heterocycles. The Labute approximate surface area is 129 Å². The van der Waals surface area contributed by atoms with Crippen molar-refractivity contribution in [2.75, 3.05) is 6.54 Å². The number of halogens is 4. The number of hydrogen-bond acceptors (Lipinski definition) is 3. The Kier molecular flexibility index (Phi) is 5.13. The molecule has 0 fully saturated rings. The van der Waals surface area contributed by atoms with E-state index in [0.717, 1.165) is 10.4 Å². The fourth-order valence-electron chi connectivity index (χ4n) is 1.94. The molecule has 1 aromatic carbocycles. The normalized spacial score (nSPS) is 13.2. The molecule has 114 valence electrons. The van der Waals surface area contributed by atoms with Gasteiger partial charge in [-0.3, -0.25) is 0 Å². The van der Waals surface area contributed by atoms with Gasteiger partial charge in [0.2, 0.25) is 0 Å². The smallest absolute Gasteiger partial charge is 0.406 e. The molecule has 1 N–H and O–H groups in total. The van der Waals surface area contributed by atoms with Crippen molar-refractivity contribution >= 4 is 22.9 Å². The van der Waals surface area contributed by atoms with Crippen molar-refractivity contribution < 1.29 is 17.9 Å². The zero-order valence-electron chi connectivity index (χ0n) is 11.1. The van der Waals surface area contributed by atoms with Crippen LogP contribution in [0.1, 0.15) is 23.4 Å². The first-order valence-electron chi connectivity index (χ1n) is 6.22.